The van der Waals surface area contributed by atoms with E-state index in [9.17, 15) is 18.0 Å². The molecule has 9 nitrogen and oxygen atoms in total. The number of aryl methyl sites for hydroxylation is 1. The third-order valence-electron chi connectivity index (χ3n) is 3.92. The predicted octanol–water partition coefficient (Wildman–Crippen LogP) is 0.895. The second-order valence-corrected chi connectivity index (χ2v) is 7.57. The fourth-order valence-electron chi connectivity index (χ4n) is 2.50. The highest BCUT2D eigenvalue weighted by atomic mass is 32.2. The smallest absolute Gasteiger partial charge is 0.297 e. The number of nitrogens with one attached hydrogen (secondary N) is 1. The highest BCUT2D eigenvalue weighted by Crippen LogP contribution is 2.15. The van der Waals surface area contributed by atoms with Crippen LogP contribution in [0, 0.1) is 6.92 Å². The van der Waals surface area contributed by atoms with Crippen molar-refractivity contribution in [3.05, 3.63) is 81.8 Å². The molecule has 3 rings (SSSR count). The van der Waals surface area contributed by atoms with Crippen molar-refractivity contribution in [2.45, 2.75) is 18.6 Å². The number of benzene rings is 2. The highest BCUT2D eigenvalue weighted by Gasteiger charge is 2.24. The Morgan fingerprint density at radius 2 is 1.71 bits per heavy atom. The van der Waals surface area contributed by atoms with Crippen molar-refractivity contribution >= 4 is 21.6 Å². The van der Waals surface area contributed by atoms with Gasteiger partial charge in [0.2, 0.25) is 5.91 Å². The lowest BCUT2D eigenvalue weighted by atomic mass is 10.2. The molecule has 0 unspecified atom stereocenters. The zero-order valence-corrected chi connectivity index (χ0v) is 15.7. The van der Waals surface area contributed by atoms with E-state index in [0.29, 0.717) is 0 Å². The monoisotopic (exact) mass is 399 g/mol. The maximum atomic E-state index is 12.8. The van der Waals surface area contributed by atoms with Crippen LogP contribution in [0.5, 0.6) is 0 Å². The Morgan fingerprint density at radius 1 is 1.07 bits per heavy atom. The van der Waals surface area contributed by atoms with Gasteiger partial charge in [0, 0.05) is 11.3 Å². The minimum Gasteiger partial charge on any atom is -0.366 e. The molecular formula is C18H17N5O4S. The Hall–Kier alpha value is -3.53. The lowest BCUT2D eigenvalue weighted by Gasteiger charge is -2.13. The number of hydrogen-bond donors (Lipinski definition) is 2. The molecule has 0 fully saturated rings. The summed E-state index contributed by atoms with van der Waals surface area (Å²) in [5.74, 6) is -0.629. The molecule has 10 heteroatoms. The molecule has 28 heavy (non-hydrogen) atoms. The molecule has 1 heterocycles. The minimum atomic E-state index is -4.21. The number of carbonyl (C=O) groups is 1. The van der Waals surface area contributed by atoms with Crippen LogP contribution in [-0.2, 0) is 16.6 Å². The number of rotatable bonds is 6. The number of primary amides is 1. The van der Waals surface area contributed by atoms with Crippen LogP contribution in [0.25, 0.3) is 0 Å². The second kappa shape index (κ2) is 7.61. The number of nitrogens with two attached hydrogens (primary N) is 1. The molecule has 0 radical (unpaired) electrons. The number of hydrogen-bond acceptors (Lipinski definition) is 6. The average molecular weight is 399 g/mol. The molecule has 3 N–H and O–H groups in total. The first-order valence-corrected chi connectivity index (χ1v) is 9.67. The van der Waals surface area contributed by atoms with Crippen molar-refractivity contribution in [2.24, 2.45) is 5.73 Å². The number of sulfonamides is 1. The second-order valence-electron chi connectivity index (χ2n) is 5.99. The van der Waals surface area contributed by atoms with Crippen LogP contribution in [0.15, 0.2) is 64.5 Å². The first-order valence-electron chi connectivity index (χ1n) is 8.18. The molecule has 0 bridgehead atoms. The Balaban J connectivity index is 2.00. The van der Waals surface area contributed by atoms with Gasteiger partial charge in [-0.15, -0.1) is 10.2 Å². The summed E-state index contributed by atoms with van der Waals surface area (Å²) in [5.41, 5.74) is 5.86. The third kappa shape index (κ3) is 4.07. The SMILES string of the molecule is Cc1nnc(S(=O)(=O)Nc2ccc(C(N)=O)cc2)n(Cc2ccccc2)c1=O. The third-order valence-corrected chi connectivity index (χ3v) is 5.20. The average Bonchev–Trinajstić information content (AvgIpc) is 2.66. The highest BCUT2D eigenvalue weighted by molar-refractivity contribution is 7.92. The summed E-state index contributed by atoms with van der Waals surface area (Å²) in [7, 11) is -4.21. The first kappa shape index (κ1) is 19.2. The van der Waals surface area contributed by atoms with Crippen LogP contribution >= 0.6 is 0 Å². The number of aromatic nitrogens is 3. The summed E-state index contributed by atoms with van der Waals surface area (Å²) < 4.78 is 29.0. The van der Waals surface area contributed by atoms with Gasteiger partial charge in [0.1, 0.15) is 5.69 Å². The van der Waals surface area contributed by atoms with Crippen LogP contribution < -0.4 is 16.0 Å². The molecule has 1 amide bonds. The summed E-state index contributed by atoms with van der Waals surface area (Å²) >= 11 is 0. The molecule has 0 saturated heterocycles. The summed E-state index contributed by atoms with van der Waals surface area (Å²) in [6.07, 6.45) is 0. The Kier molecular flexibility index (Phi) is 5.23. The zero-order chi connectivity index (χ0) is 20.3. The molecule has 0 spiro atoms. The Bertz CT molecular complexity index is 1170. The van der Waals surface area contributed by atoms with E-state index in [4.69, 9.17) is 5.73 Å². The fraction of sp³-hybridized carbons (Fsp3) is 0.111. The van der Waals surface area contributed by atoms with Crippen molar-refractivity contribution in [1.29, 1.82) is 0 Å². The Labute approximate surface area is 160 Å². The number of amides is 1. The van der Waals surface area contributed by atoms with Crippen molar-refractivity contribution in [3.8, 4) is 0 Å². The molecular weight excluding hydrogens is 382 g/mol. The van der Waals surface area contributed by atoms with Crippen LogP contribution in [-0.4, -0.2) is 29.1 Å². The van der Waals surface area contributed by atoms with Gasteiger partial charge >= 0.3 is 0 Å². The van der Waals surface area contributed by atoms with Gasteiger partial charge in [-0.2, -0.15) is 8.42 Å². The summed E-state index contributed by atoms with van der Waals surface area (Å²) in [4.78, 5) is 23.7. The van der Waals surface area contributed by atoms with E-state index in [1.54, 1.807) is 24.3 Å². The maximum absolute atomic E-state index is 12.8. The zero-order valence-electron chi connectivity index (χ0n) is 14.9. The van der Waals surface area contributed by atoms with Gasteiger partial charge in [0.15, 0.2) is 0 Å². The van der Waals surface area contributed by atoms with Crippen molar-refractivity contribution in [1.82, 2.24) is 14.8 Å². The molecule has 0 aliphatic heterocycles. The van der Waals surface area contributed by atoms with Crippen LogP contribution in [0.3, 0.4) is 0 Å². The molecule has 1 aromatic heterocycles. The van der Waals surface area contributed by atoms with Crippen molar-refractivity contribution in [3.63, 3.8) is 0 Å². The van der Waals surface area contributed by atoms with E-state index in [1.165, 1.54) is 31.2 Å². The van der Waals surface area contributed by atoms with Gasteiger partial charge in [0.05, 0.1) is 6.54 Å². The molecule has 144 valence electrons. The topological polar surface area (TPSA) is 137 Å². The molecule has 2 aromatic carbocycles. The molecule has 0 aliphatic carbocycles. The van der Waals surface area contributed by atoms with E-state index < -0.39 is 26.6 Å². The van der Waals surface area contributed by atoms with Crippen molar-refractivity contribution in [2.75, 3.05) is 4.72 Å². The van der Waals surface area contributed by atoms with Gasteiger partial charge in [0.25, 0.3) is 20.7 Å². The maximum Gasteiger partial charge on any atom is 0.297 e. The van der Waals surface area contributed by atoms with E-state index in [2.05, 4.69) is 14.9 Å². The summed E-state index contributed by atoms with van der Waals surface area (Å²) in [6, 6.07) is 14.5. The van der Waals surface area contributed by atoms with Gasteiger partial charge < -0.3 is 5.73 Å². The number of anilines is 1. The molecule has 0 atom stereocenters. The largest absolute Gasteiger partial charge is 0.366 e. The molecule has 0 aliphatic rings. The molecule has 3 aromatic rings. The Morgan fingerprint density at radius 3 is 2.32 bits per heavy atom. The standard InChI is InChI=1S/C18H17N5O4S/c1-12-17(25)23(11-13-5-3-2-4-6-13)18(21-20-12)28(26,27)22-15-9-7-14(8-10-15)16(19)24/h2-10,22H,11H2,1H3,(H2,19,24). The predicted molar refractivity (Wildman–Crippen MR) is 102 cm³/mol. The normalized spacial score (nSPS) is 11.2. The van der Waals surface area contributed by atoms with E-state index in [-0.39, 0.29) is 23.5 Å². The van der Waals surface area contributed by atoms with Crippen LogP contribution in [0.4, 0.5) is 5.69 Å². The first-order chi connectivity index (χ1) is 13.3. The number of nitrogens with zero attached hydrogens (tertiary/aromatic N) is 3. The number of carbonyl (C=O) groups excluding carboxylic acids is 1. The van der Waals surface area contributed by atoms with Gasteiger partial charge in [-0.25, -0.2) is 0 Å². The van der Waals surface area contributed by atoms with Gasteiger partial charge in [-0.05, 0) is 36.8 Å². The lowest BCUT2D eigenvalue weighted by Crippen LogP contribution is -2.32. The van der Waals surface area contributed by atoms with Gasteiger partial charge in [-0.1, -0.05) is 30.3 Å². The van der Waals surface area contributed by atoms with E-state index in [1.807, 2.05) is 6.07 Å². The van der Waals surface area contributed by atoms with E-state index in [0.717, 1.165) is 10.1 Å². The fourth-order valence-corrected chi connectivity index (χ4v) is 3.63. The minimum absolute atomic E-state index is 0.0207. The summed E-state index contributed by atoms with van der Waals surface area (Å²) in [5, 5.41) is 6.89. The molecule has 0 saturated carbocycles. The van der Waals surface area contributed by atoms with Crippen LogP contribution in [0.2, 0.25) is 0 Å². The van der Waals surface area contributed by atoms with Crippen molar-refractivity contribution < 1.29 is 13.2 Å². The van der Waals surface area contributed by atoms with Crippen LogP contribution in [0.1, 0.15) is 21.6 Å². The lowest BCUT2D eigenvalue weighted by molar-refractivity contribution is 0.100. The van der Waals surface area contributed by atoms with Gasteiger partial charge in [-0.3, -0.25) is 18.9 Å². The summed E-state index contributed by atoms with van der Waals surface area (Å²) in [6.45, 7) is 1.48. The van der Waals surface area contributed by atoms with E-state index >= 15 is 0 Å². The quantitative estimate of drug-likeness (QED) is 0.632.